The van der Waals surface area contributed by atoms with Crippen LogP contribution in [0.15, 0.2) is 70.9 Å². The summed E-state index contributed by atoms with van der Waals surface area (Å²) in [6.45, 7) is 1.99. The Morgan fingerprint density at radius 2 is 1.85 bits per heavy atom. The maximum Gasteiger partial charge on any atom is 0.259 e. The number of aromatic nitrogens is 2. The summed E-state index contributed by atoms with van der Waals surface area (Å²) in [7, 11) is 0. The second-order valence-electron chi connectivity index (χ2n) is 8.69. The summed E-state index contributed by atoms with van der Waals surface area (Å²) in [6.07, 6.45) is 5.74. The van der Waals surface area contributed by atoms with E-state index in [-0.39, 0.29) is 18.0 Å². The molecule has 34 heavy (non-hydrogen) atoms. The minimum absolute atomic E-state index is 0.111. The molecule has 2 heterocycles. The molecule has 7 heteroatoms. The third-order valence-corrected chi connectivity index (χ3v) is 6.47. The van der Waals surface area contributed by atoms with Gasteiger partial charge in [-0.1, -0.05) is 24.3 Å². The predicted molar refractivity (Wildman–Crippen MR) is 129 cm³/mol. The van der Waals surface area contributed by atoms with Crippen molar-refractivity contribution < 1.29 is 14.0 Å². The molecule has 1 aliphatic carbocycles. The van der Waals surface area contributed by atoms with Gasteiger partial charge < -0.3 is 5.32 Å². The van der Waals surface area contributed by atoms with Crippen molar-refractivity contribution in [2.24, 2.45) is 4.99 Å². The first kappa shape index (κ1) is 21.9. The van der Waals surface area contributed by atoms with E-state index < -0.39 is 11.7 Å². The second kappa shape index (κ2) is 9.17. The van der Waals surface area contributed by atoms with E-state index in [4.69, 9.17) is 0 Å². The molecule has 0 saturated carbocycles. The lowest BCUT2D eigenvalue weighted by Gasteiger charge is -2.24. The zero-order chi connectivity index (χ0) is 23.7. The molecule has 0 radical (unpaired) electrons. The number of nitrogens with one attached hydrogen (secondary N) is 1. The highest BCUT2D eigenvalue weighted by Crippen LogP contribution is 2.30. The summed E-state index contributed by atoms with van der Waals surface area (Å²) >= 11 is 0. The van der Waals surface area contributed by atoms with Crippen molar-refractivity contribution in [3.63, 3.8) is 0 Å². The summed E-state index contributed by atoms with van der Waals surface area (Å²) in [6, 6.07) is 14.2. The van der Waals surface area contributed by atoms with Gasteiger partial charge >= 0.3 is 0 Å². The average molecular weight is 457 g/mol. The largest absolute Gasteiger partial charge is 0.319 e. The molecule has 1 aliphatic heterocycles. The number of dihydropyridines is 1. The molecule has 0 spiro atoms. The molecule has 0 atom stereocenters. The van der Waals surface area contributed by atoms with Gasteiger partial charge in [-0.2, -0.15) is 5.10 Å². The Kier molecular flexibility index (Phi) is 5.92. The first-order valence-corrected chi connectivity index (χ1v) is 11.5. The Labute approximate surface area is 197 Å². The zero-order valence-electron chi connectivity index (χ0n) is 19.0. The normalized spacial score (nSPS) is 15.7. The number of rotatable bonds is 5. The Bertz CT molecular complexity index is 1340. The van der Waals surface area contributed by atoms with Crippen LogP contribution in [0, 0.1) is 12.7 Å². The van der Waals surface area contributed by atoms with Crippen LogP contribution in [0.25, 0.3) is 5.69 Å². The van der Waals surface area contributed by atoms with Crippen LogP contribution in [0.1, 0.15) is 47.3 Å². The van der Waals surface area contributed by atoms with Gasteiger partial charge in [-0.05, 0) is 68.0 Å². The third kappa shape index (κ3) is 4.21. The van der Waals surface area contributed by atoms with Crippen LogP contribution in [0.3, 0.4) is 0 Å². The molecule has 0 fully saturated rings. The predicted octanol–water partition coefficient (Wildman–Crippen LogP) is 5.01. The highest BCUT2D eigenvalue weighted by atomic mass is 19.1. The third-order valence-electron chi connectivity index (χ3n) is 6.47. The van der Waals surface area contributed by atoms with Gasteiger partial charge in [-0.3, -0.25) is 14.6 Å². The molecule has 3 aromatic rings. The number of carbonyl (C=O) groups is 2. The van der Waals surface area contributed by atoms with E-state index in [0.717, 1.165) is 53.8 Å². The van der Waals surface area contributed by atoms with Gasteiger partial charge in [0.1, 0.15) is 12.4 Å². The van der Waals surface area contributed by atoms with Gasteiger partial charge in [0.25, 0.3) is 5.91 Å². The monoisotopic (exact) mass is 456 g/mol. The summed E-state index contributed by atoms with van der Waals surface area (Å²) in [5.74, 6) is -0.811. The van der Waals surface area contributed by atoms with Crippen molar-refractivity contribution in [1.29, 1.82) is 0 Å². The number of anilines is 1. The van der Waals surface area contributed by atoms with Gasteiger partial charge in [0.2, 0.25) is 0 Å². The fraction of sp³-hybridized carbons (Fsp3) is 0.259. The summed E-state index contributed by atoms with van der Waals surface area (Å²) in [5.41, 5.74) is 5.70. The van der Waals surface area contributed by atoms with Crippen LogP contribution in [0.2, 0.25) is 0 Å². The highest BCUT2D eigenvalue weighted by Gasteiger charge is 2.26. The van der Waals surface area contributed by atoms with Crippen LogP contribution >= 0.6 is 0 Å². The number of hydrogen-bond acceptors (Lipinski definition) is 4. The molecule has 0 unspecified atom stereocenters. The molecule has 0 bridgehead atoms. The number of carbonyl (C=O) groups excluding carboxylic acids is 2. The standard InChI is InChI=1S/C27H25FN4O2/c1-17-22(15-30-32(17)19-7-3-2-4-8-19)27(34)31-25-14-18(11-12-23(25)28)13-24-20-9-5-6-10-21(20)26(33)16-29-24/h2-4,7-8,11-12,14-15H,5-6,9-10,13,16H2,1H3,(H,31,34). The lowest BCUT2D eigenvalue weighted by atomic mass is 9.83. The maximum absolute atomic E-state index is 14.6. The Balaban J connectivity index is 1.36. The smallest absolute Gasteiger partial charge is 0.259 e. The molecule has 2 aromatic carbocycles. The van der Waals surface area contributed by atoms with Gasteiger partial charge in [0.15, 0.2) is 5.78 Å². The summed E-state index contributed by atoms with van der Waals surface area (Å²) in [4.78, 5) is 29.7. The highest BCUT2D eigenvalue weighted by molar-refractivity contribution is 6.14. The number of aliphatic imine (C=N–C) groups is 1. The fourth-order valence-corrected chi connectivity index (χ4v) is 4.68. The molecular weight excluding hydrogens is 431 g/mol. The molecule has 2 aliphatic rings. The first-order valence-electron chi connectivity index (χ1n) is 11.5. The van der Waals surface area contributed by atoms with Crippen LogP contribution < -0.4 is 5.32 Å². The van der Waals surface area contributed by atoms with E-state index in [9.17, 15) is 14.0 Å². The van der Waals surface area contributed by atoms with Gasteiger partial charge in [0, 0.05) is 17.7 Å². The van der Waals surface area contributed by atoms with Crippen LogP contribution in [0.4, 0.5) is 10.1 Å². The van der Waals surface area contributed by atoms with Crippen molar-refractivity contribution in [1.82, 2.24) is 9.78 Å². The molecule has 0 saturated heterocycles. The topological polar surface area (TPSA) is 76.3 Å². The fourth-order valence-electron chi connectivity index (χ4n) is 4.68. The minimum Gasteiger partial charge on any atom is -0.319 e. The molecule has 172 valence electrons. The number of hydrogen-bond donors (Lipinski definition) is 1. The quantitative estimate of drug-likeness (QED) is 0.586. The van der Waals surface area contributed by atoms with Crippen molar-refractivity contribution in [2.75, 3.05) is 11.9 Å². The molecule has 5 rings (SSSR count). The number of benzene rings is 2. The van der Waals surface area contributed by atoms with Gasteiger partial charge in [-0.15, -0.1) is 0 Å². The van der Waals surface area contributed by atoms with Crippen molar-refractivity contribution in [2.45, 2.75) is 39.0 Å². The second-order valence-corrected chi connectivity index (χ2v) is 8.69. The minimum atomic E-state index is -0.511. The number of amides is 1. The molecule has 1 aromatic heterocycles. The summed E-state index contributed by atoms with van der Waals surface area (Å²) in [5, 5.41) is 7.02. The summed E-state index contributed by atoms with van der Waals surface area (Å²) < 4.78 is 16.3. The molecular formula is C27H25FN4O2. The van der Waals surface area contributed by atoms with E-state index in [2.05, 4.69) is 15.4 Å². The van der Waals surface area contributed by atoms with Crippen molar-refractivity contribution in [3.05, 3.63) is 88.5 Å². The average Bonchev–Trinajstić information content (AvgIpc) is 3.25. The number of allylic oxidation sites excluding steroid dienone is 1. The molecule has 6 nitrogen and oxygen atoms in total. The van der Waals surface area contributed by atoms with E-state index in [1.807, 2.05) is 30.3 Å². The van der Waals surface area contributed by atoms with E-state index in [1.54, 1.807) is 23.7 Å². The van der Waals surface area contributed by atoms with Gasteiger partial charge in [0.05, 0.1) is 28.8 Å². The van der Waals surface area contributed by atoms with Crippen LogP contribution in [-0.4, -0.2) is 33.7 Å². The molecule has 1 N–H and O–H groups in total. The Hall–Kier alpha value is -3.87. The van der Waals surface area contributed by atoms with Gasteiger partial charge in [-0.25, -0.2) is 9.07 Å². The van der Waals surface area contributed by atoms with Crippen molar-refractivity contribution in [3.8, 4) is 5.69 Å². The van der Waals surface area contributed by atoms with E-state index in [0.29, 0.717) is 17.7 Å². The number of ketones is 1. The SMILES string of the molecule is Cc1c(C(=O)Nc2cc(CC3=NCC(=O)C4=C3CCCC4)ccc2F)cnn1-c1ccccc1. The number of halogens is 1. The van der Waals surface area contributed by atoms with Crippen molar-refractivity contribution >= 4 is 23.1 Å². The number of Topliss-reactive ketones (excluding diaryl/α,β-unsaturated/α-hetero) is 1. The van der Waals surface area contributed by atoms with E-state index >= 15 is 0 Å². The van der Waals surface area contributed by atoms with E-state index in [1.165, 1.54) is 12.3 Å². The lowest BCUT2D eigenvalue weighted by molar-refractivity contribution is -0.114. The molecule has 1 amide bonds. The van der Waals surface area contributed by atoms with Crippen LogP contribution in [-0.2, 0) is 11.2 Å². The first-order chi connectivity index (χ1) is 16.5. The maximum atomic E-state index is 14.6. The number of nitrogens with zero attached hydrogens (tertiary/aromatic N) is 3. The lowest BCUT2D eigenvalue weighted by Crippen LogP contribution is -2.24. The van der Waals surface area contributed by atoms with Crippen LogP contribution in [0.5, 0.6) is 0 Å². The Morgan fingerprint density at radius 3 is 2.65 bits per heavy atom. The Morgan fingerprint density at radius 1 is 1.09 bits per heavy atom. The number of para-hydroxylation sites is 1. The zero-order valence-corrected chi connectivity index (χ0v) is 19.0.